The van der Waals surface area contributed by atoms with E-state index in [1.807, 2.05) is 31.2 Å². The fourth-order valence-corrected chi connectivity index (χ4v) is 2.66. The fraction of sp³-hybridized carbons (Fsp3) is 0.143. The molecule has 0 fully saturated rings. The van der Waals surface area contributed by atoms with Crippen LogP contribution in [-0.4, -0.2) is 10.9 Å². The first-order chi connectivity index (χ1) is 13.3. The van der Waals surface area contributed by atoms with Crippen molar-refractivity contribution in [3.8, 4) is 0 Å². The number of carbonyl (C=O) groups is 1. The molecule has 3 rings (SSSR count). The molecular formula is C21H18F3N3O. The average molecular weight is 385 g/mol. The Morgan fingerprint density at radius 1 is 1.00 bits per heavy atom. The molecule has 1 heterocycles. The number of rotatable bonds is 5. The first-order valence-electron chi connectivity index (χ1n) is 8.55. The summed E-state index contributed by atoms with van der Waals surface area (Å²) in [5.41, 5.74) is 2.31. The standard InChI is InChI=1S/C21H18F3N3O/c1-14-5-2-3-6-15(14)12-26-20(28)16-9-19(13-25-11-16)27-18-8-4-7-17(10-18)21(22,23)24/h2-11,13,27H,12H2,1H3,(H,26,28). The van der Waals surface area contributed by atoms with Crippen LogP contribution in [0.5, 0.6) is 0 Å². The molecule has 0 aliphatic rings. The van der Waals surface area contributed by atoms with Crippen molar-refractivity contribution in [3.05, 3.63) is 89.2 Å². The minimum absolute atomic E-state index is 0.258. The van der Waals surface area contributed by atoms with Crippen molar-refractivity contribution in [2.45, 2.75) is 19.6 Å². The number of benzene rings is 2. The number of hydrogen-bond acceptors (Lipinski definition) is 3. The van der Waals surface area contributed by atoms with Crippen LogP contribution in [-0.2, 0) is 12.7 Å². The van der Waals surface area contributed by atoms with Gasteiger partial charge >= 0.3 is 6.18 Å². The largest absolute Gasteiger partial charge is 0.416 e. The number of halogens is 3. The molecule has 0 saturated heterocycles. The topological polar surface area (TPSA) is 54.0 Å². The molecule has 3 aromatic rings. The Labute approximate surface area is 160 Å². The number of amides is 1. The van der Waals surface area contributed by atoms with E-state index in [4.69, 9.17) is 0 Å². The van der Waals surface area contributed by atoms with Crippen LogP contribution in [0.1, 0.15) is 27.0 Å². The van der Waals surface area contributed by atoms with Gasteiger partial charge in [0, 0.05) is 18.4 Å². The molecule has 0 atom stereocenters. The highest BCUT2D eigenvalue weighted by molar-refractivity contribution is 5.94. The highest BCUT2D eigenvalue weighted by atomic mass is 19.4. The van der Waals surface area contributed by atoms with Crippen LogP contribution in [0, 0.1) is 6.92 Å². The third kappa shape index (κ3) is 4.88. The van der Waals surface area contributed by atoms with Crippen LogP contribution in [0.15, 0.2) is 67.0 Å². The fourth-order valence-electron chi connectivity index (χ4n) is 2.66. The molecule has 4 nitrogen and oxygen atoms in total. The molecular weight excluding hydrogens is 367 g/mol. The zero-order chi connectivity index (χ0) is 20.1. The first kappa shape index (κ1) is 19.4. The second-order valence-corrected chi connectivity index (χ2v) is 6.28. The molecule has 2 aromatic carbocycles. The summed E-state index contributed by atoms with van der Waals surface area (Å²) < 4.78 is 38.5. The summed E-state index contributed by atoms with van der Waals surface area (Å²) in [4.78, 5) is 16.4. The van der Waals surface area contributed by atoms with Crippen LogP contribution >= 0.6 is 0 Å². The Hall–Kier alpha value is -3.35. The van der Waals surface area contributed by atoms with E-state index in [1.165, 1.54) is 24.5 Å². The van der Waals surface area contributed by atoms with Crippen LogP contribution in [0.3, 0.4) is 0 Å². The van der Waals surface area contributed by atoms with Crippen molar-refractivity contribution in [1.29, 1.82) is 0 Å². The first-order valence-corrected chi connectivity index (χ1v) is 8.55. The van der Waals surface area contributed by atoms with Crippen molar-refractivity contribution >= 4 is 17.3 Å². The second kappa shape index (κ2) is 8.12. The van der Waals surface area contributed by atoms with Gasteiger partial charge in [-0.15, -0.1) is 0 Å². The molecule has 0 radical (unpaired) electrons. The van der Waals surface area contributed by atoms with Crippen molar-refractivity contribution in [2.24, 2.45) is 0 Å². The molecule has 0 spiro atoms. The predicted molar refractivity (Wildman–Crippen MR) is 101 cm³/mol. The molecule has 1 amide bonds. The summed E-state index contributed by atoms with van der Waals surface area (Å²) in [6.45, 7) is 2.33. The molecule has 28 heavy (non-hydrogen) atoms. The number of hydrogen-bond donors (Lipinski definition) is 2. The van der Waals surface area contributed by atoms with Gasteiger partial charge in [0.15, 0.2) is 0 Å². The van der Waals surface area contributed by atoms with E-state index < -0.39 is 11.7 Å². The van der Waals surface area contributed by atoms with E-state index in [2.05, 4.69) is 15.6 Å². The molecule has 0 bridgehead atoms. The van der Waals surface area contributed by atoms with Gasteiger partial charge in [-0.2, -0.15) is 13.2 Å². The molecule has 0 aliphatic carbocycles. The smallest absolute Gasteiger partial charge is 0.354 e. The number of aryl methyl sites for hydroxylation is 1. The van der Waals surface area contributed by atoms with Gasteiger partial charge in [-0.3, -0.25) is 9.78 Å². The van der Waals surface area contributed by atoms with Crippen LogP contribution in [0.4, 0.5) is 24.5 Å². The molecule has 2 N–H and O–H groups in total. The van der Waals surface area contributed by atoms with Crippen molar-refractivity contribution in [1.82, 2.24) is 10.3 Å². The number of anilines is 2. The Morgan fingerprint density at radius 2 is 1.79 bits per heavy atom. The van der Waals surface area contributed by atoms with Gasteiger partial charge < -0.3 is 10.6 Å². The minimum atomic E-state index is -4.42. The molecule has 1 aromatic heterocycles. The Bertz CT molecular complexity index is 986. The summed E-state index contributed by atoms with van der Waals surface area (Å²) in [5.74, 6) is -0.316. The van der Waals surface area contributed by atoms with Gasteiger partial charge in [-0.1, -0.05) is 30.3 Å². The number of nitrogens with zero attached hydrogens (tertiary/aromatic N) is 1. The monoisotopic (exact) mass is 385 g/mol. The maximum Gasteiger partial charge on any atom is 0.416 e. The zero-order valence-electron chi connectivity index (χ0n) is 15.0. The third-order valence-corrected chi connectivity index (χ3v) is 4.18. The highest BCUT2D eigenvalue weighted by Crippen LogP contribution is 2.31. The number of alkyl halides is 3. The van der Waals surface area contributed by atoms with Gasteiger partial charge in [0.25, 0.3) is 5.91 Å². The molecule has 0 aliphatic heterocycles. The van der Waals surface area contributed by atoms with Gasteiger partial charge in [0.1, 0.15) is 0 Å². The lowest BCUT2D eigenvalue weighted by Gasteiger charge is -2.11. The lowest BCUT2D eigenvalue weighted by atomic mass is 10.1. The van der Waals surface area contributed by atoms with Crippen molar-refractivity contribution in [2.75, 3.05) is 5.32 Å². The van der Waals surface area contributed by atoms with Gasteiger partial charge in [-0.05, 0) is 42.3 Å². The van der Waals surface area contributed by atoms with E-state index in [0.717, 1.165) is 23.3 Å². The second-order valence-electron chi connectivity index (χ2n) is 6.28. The SMILES string of the molecule is Cc1ccccc1CNC(=O)c1cncc(Nc2cccc(C(F)(F)F)c2)c1. The molecule has 0 unspecified atom stereocenters. The maximum absolute atomic E-state index is 12.8. The third-order valence-electron chi connectivity index (χ3n) is 4.18. The number of pyridine rings is 1. The number of aromatic nitrogens is 1. The Balaban J connectivity index is 1.70. The minimum Gasteiger partial charge on any atom is -0.354 e. The summed E-state index contributed by atoms with van der Waals surface area (Å²) >= 11 is 0. The van der Waals surface area contributed by atoms with E-state index >= 15 is 0 Å². The van der Waals surface area contributed by atoms with Gasteiger partial charge in [-0.25, -0.2) is 0 Å². The van der Waals surface area contributed by atoms with E-state index in [1.54, 1.807) is 6.07 Å². The maximum atomic E-state index is 12.8. The van der Waals surface area contributed by atoms with E-state index in [0.29, 0.717) is 17.8 Å². The number of carbonyl (C=O) groups excluding carboxylic acids is 1. The van der Waals surface area contributed by atoms with Crippen molar-refractivity contribution < 1.29 is 18.0 Å². The quantitative estimate of drug-likeness (QED) is 0.644. The lowest BCUT2D eigenvalue weighted by molar-refractivity contribution is -0.137. The molecule has 144 valence electrons. The Kier molecular flexibility index (Phi) is 5.63. The molecule has 0 saturated carbocycles. The van der Waals surface area contributed by atoms with Gasteiger partial charge in [0.05, 0.1) is 23.0 Å². The zero-order valence-corrected chi connectivity index (χ0v) is 15.0. The summed E-state index contributed by atoms with van der Waals surface area (Å²) in [6.07, 6.45) is -1.57. The molecule has 7 heteroatoms. The lowest BCUT2D eigenvalue weighted by Crippen LogP contribution is -2.23. The highest BCUT2D eigenvalue weighted by Gasteiger charge is 2.30. The van der Waals surface area contributed by atoms with Gasteiger partial charge in [0.2, 0.25) is 0 Å². The average Bonchev–Trinajstić information content (AvgIpc) is 2.67. The Morgan fingerprint density at radius 3 is 2.54 bits per heavy atom. The summed E-state index contributed by atoms with van der Waals surface area (Å²) in [5, 5.41) is 5.67. The summed E-state index contributed by atoms with van der Waals surface area (Å²) in [6, 6.07) is 14.1. The van der Waals surface area contributed by atoms with Crippen LogP contribution in [0.2, 0.25) is 0 Å². The number of nitrogens with one attached hydrogen (secondary N) is 2. The van der Waals surface area contributed by atoms with Crippen LogP contribution < -0.4 is 10.6 Å². The predicted octanol–water partition coefficient (Wildman–Crippen LogP) is 5.08. The van der Waals surface area contributed by atoms with Crippen molar-refractivity contribution in [3.63, 3.8) is 0 Å². The summed E-state index contributed by atoms with van der Waals surface area (Å²) in [7, 11) is 0. The van der Waals surface area contributed by atoms with Crippen LogP contribution in [0.25, 0.3) is 0 Å². The van der Waals surface area contributed by atoms with E-state index in [9.17, 15) is 18.0 Å². The van der Waals surface area contributed by atoms with E-state index in [-0.39, 0.29) is 11.6 Å². The normalized spacial score (nSPS) is 11.1.